The Hall–Kier alpha value is -0.690. The third-order valence-corrected chi connectivity index (χ3v) is 13.4. The highest BCUT2D eigenvalue weighted by Gasteiger charge is 2.51. The fourth-order valence-electron chi connectivity index (χ4n) is 10.3. The summed E-state index contributed by atoms with van der Waals surface area (Å²) in [6.07, 6.45) is 27.0. The lowest BCUT2D eigenvalue weighted by Crippen LogP contribution is -2.37. The third-order valence-electron chi connectivity index (χ3n) is 13.4. The van der Waals surface area contributed by atoms with Crippen LogP contribution >= 0.6 is 0 Å². The van der Waals surface area contributed by atoms with E-state index in [9.17, 15) is 4.79 Å². The van der Waals surface area contributed by atoms with Gasteiger partial charge in [-0.3, -0.25) is 4.79 Å². The van der Waals surface area contributed by atoms with E-state index < -0.39 is 0 Å². The van der Waals surface area contributed by atoms with Crippen molar-refractivity contribution >= 4 is 5.97 Å². The van der Waals surface area contributed by atoms with Gasteiger partial charge < -0.3 is 14.2 Å². The van der Waals surface area contributed by atoms with Gasteiger partial charge in [0.05, 0.1) is 25.7 Å². The predicted octanol–water partition coefficient (Wildman–Crippen LogP) is 9.23. The molecule has 45 heavy (non-hydrogen) atoms. The molecule has 0 aromatic heterocycles. The van der Waals surface area contributed by atoms with Crippen LogP contribution in [-0.4, -0.2) is 50.2 Å². The number of ether oxygens (including phenoxy) is 3. The van der Waals surface area contributed by atoms with Crippen molar-refractivity contribution in [3.63, 3.8) is 0 Å². The Morgan fingerprint density at radius 3 is 1.60 bits per heavy atom. The molecule has 4 aliphatic carbocycles. The van der Waals surface area contributed by atoms with E-state index >= 15 is 0 Å². The molecule has 1 unspecified atom stereocenters. The van der Waals surface area contributed by atoms with Gasteiger partial charge in [0.15, 0.2) is 6.10 Å². The van der Waals surface area contributed by atoms with Crippen LogP contribution in [0.25, 0.3) is 0 Å². The summed E-state index contributed by atoms with van der Waals surface area (Å²) in [4.78, 5) is 24.8. The molecular formula is C39H66O6. The zero-order valence-corrected chi connectivity index (χ0v) is 28.8. The highest BCUT2D eigenvalue weighted by atomic mass is 17.2. The summed E-state index contributed by atoms with van der Waals surface area (Å²) in [5.41, 5.74) is 0. The van der Waals surface area contributed by atoms with Gasteiger partial charge in [0.1, 0.15) is 18.3 Å². The second-order valence-electron chi connectivity index (χ2n) is 16.5. The van der Waals surface area contributed by atoms with E-state index in [2.05, 4.69) is 13.8 Å². The molecule has 0 N–H and O–H groups in total. The van der Waals surface area contributed by atoms with Crippen molar-refractivity contribution in [3.05, 3.63) is 0 Å². The summed E-state index contributed by atoms with van der Waals surface area (Å²) >= 11 is 0. The van der Waals surface area contributed by atoms with Gasteiger partial charge in [-0.1, -0.05) is 97.3 Å². The van der Waals surface area contributed by atoms with E-state index in [-0.39, 0.29) is 36.3 Å². The highest BCUT2D eigenvalue weighted by molar-refractivity contribution is 5.72. The van der Waals surface area contributed by atoms with Crippen molar-refractivity contribution in [2.24, 2.45) is 47.3 Å². The standard InChI is InChI=1S/C39H66O6/c1-3-5-28-8-12-30(13-9-28)22-31-14-16-33(17-15-31)24-43-45-36-26-42-37-35(25-41-38(36)37)44-39(40)34-20-18-32(19-21-34)23-29-10-6-27(4-2)7-11-29/h27-38H,3-26H2,1-2H3/t27?,28?,29?,30?,31?,32?,33?,34?,35?,36-,37+,38+/m0/s1. The quantitative estimate of drug-likeness (QED) is 0.115. The Bertz CT molecular complexity index is 863. The van der Waals surface area contributed by atoms with Gasteiger partial charge in [-0.2, -0.15) is 0 Å². The van der Waals surface area contributed by atoms with E-state index in [0.717, 1.165) is 48.3 Å². The third kappa shape index (κ3) is 9.48. The van der Waals surface area contributed by atoms with Gasteiger partial charge in [0.2, 0.25) is 0 Å². The molecule has 0 radical (unpaired) electrons. The summed E-state index contributed by atoms with van der Waals surface area (Å²) in [5, 5.41) is 0. The van der Waals surface area contributed by atoms with Crippen LogP contribution in [0.2, 0.25) is 0 Å². The van der Waals surface area contributed by atoms with Crippen LogP contribution in [0.15, 0.2) is 0 Å². The molecule has 6 aliphatic rings. The Balaban J connectivity index is 0.825. The van der Waals surface area contributed by atoms with Gasteiger partial charge in [-0.05, 0) is 92.8 Å². The minimum absolute atomic E-state index is 0.0313. The number of hydrogen-bond acceptors (Lipinski definition) is 6. The maximum atomic E-state index is 13.1. The number of hydrogen-bond donors (Lipinski definition) is 0. The molecule has 2 heterocycles. The molecule has 0 amide bonds. The first-order chi connectivity index (χ1) is 22.1. The summed E-state index contributed by atoms with van der Waals surface area (Å²) in [5.74, 6) is 6.14. The molecule has 0 spiro atoms. The molecule has 6 heteroatoms. The van der Waals surface area contributed by atoms with E-state index in [1.54, 1.807) is 0 Å². The molecular weight excluding hydrogens is 564 g/mol. The van der Waals surface area contributed by atoms with Crippen LogP contribution in [0, 0.1) is 47.3 Å². The monoisotopic (exact) mass is 630 g/mol. The average molecular weight is 631 g/mol. The molecule has 0 aromatic carbocycles. The Kier molecular flexibility index (Phi) is 13.0. The predicted molar refractivity (Wildman–Crippen MR) is 176 cm³/mol. The first kappa shape index (κ1) is 34.2. The SMILES string of the molecule is CCCC1CCC(CC2CCC(COO[C@H]3CO[C@@H]4C(OC(=O)C5CCC(CC6CCC(CC)CC6)CC5)CO[C@H]34)CC2)CC1. The van der Waals surface area contributed by atoms with Gasteiger partial charge in [0.25, 0.3) is 0 Å². The molecule has 2 aliphatic heterocycles. The van der Waals surface area contributed by atoms with Gasteiger partial charge in [-0.25, -0.2) is 9.78 Å². The van der Waals surface area contributed by atoms with E-state index in [0.29, 0.717) is 25.7 Å². The fraction of sp³-hybridized carbons (Fsp3) is 0.974. The molecule has 0 bridgehead atoms. The Morgan fingerprint density at radius 1 is 0.578 bits per heavy atom. The molecule has 4 atom stereocenters. The molecule has 6 nitrogen and oxygen atoms in total. The lowest BCUT2D eigenvalue weighted by Gasteiger charge is -2.34. The molecule has 2 saturated heterocycles. The normalized spacial score (nSPS) is 42.4. The first-order valence-corrected chi connectivity index (χ1v) is 19.8. The van der Waals surface area contributed by atoms with Crippen LogP contribution in [0.5, 0.6) is 0 Å². The van der Waals surface area contributed by atoms with E-state index in [4.69, 9.17) is 24.0 Å². The second-order valence-corrected chi connectivity index (χ2v) is 16.5. The number of carbonyl (C=O) groups excluding carboxylic acids is 1. The van der Waals surface area contributed by atoms with Crippen LogP contribution < -0.4 is 0 Å². The minimum atomic E-state index is -0.334. The Labute approximate surface area is 274 Å². The summed E-state index contributed by atoms with van der Waals surface area (Å²) < 4.78 is 18.1. The zero-order valence-electron chi connectivity index (χ0n) is 28.8. The van der Waals surface area contributed by atoms with Crippen LogP contribution in [0.1, 0.15) is 149 Å². The number of rotatable bonds is 13. The zero-order chi connectivity index (χ0) is 31.0. The lowest BCUT2D eigenvalue weighted by molar-refractivity contribution is -0.339. The van der Waals surface area contributed by atoms with Crippen molar-refractivity contribution < 1.29 is 28.8 Å². The molecule has 6 rings (SSSR count). The molecule has 6 fully saturated rings. The first-order valence-electron chi connectivity index (χ1n) is 19.8. The average Bonchev–Trinajstić information content (AvgIpc) is 3.66. The summed E-state index contributed by atoms with van der Waals surface area (Å²) in [7, 11) is 0. The number of esters is 1. The van der Waals surface area contributed by atoms with Crippen molar-refractivity contribution in [1.82, 2.24) is 0 Å². The van der Waals surface area contributed by atoms with Crippen molar-refractivity contribution in [1.29, 1.82) is 0 Å². The second kappa shape index (κ2) is 17.1. The Morgan fingerprint density at radius 2 is 1.04 bits per heavy atom. The molecule has 258 valence electrons. The van der Waals surface area contributed by atoms with Gasteiger partial charge in [0, 0.05) is 0 Å². The maximum Gasteiger partial charge on any atom is 0.309 e. The maximum absolute atomic E-state index is 13.1. The highest BCUT2D eigenvalue weighted by Crippen LogP contribution is 2.41. The van der Waals surface area contributed by atoms with Crippen LogP contribution in [0.3, 0.4) is 0 Å². The largest absolute Gasteiger partial charge is 0.457 e. The minimum Gasteiger partial charge on any atom is -0.457 e. The van der Waals surface area contributed by atoms with Crippen molar-refractivity contribution in [2.45, 2.75) is 173 Å². The van der Waals surface area contributed by atoms with Gasteiger partial charge >= 0.3 is 5.97 Å². The van der Waals surface area contributed by atoms with Crippen LogP contribution in [0.4, 0.5) is 0 Å². The lowest BCUT2D eigenvalue weighted by atomic mass is 9.73. The van der Waals surface area contributed by atoms with E-state index in [1.807, 2.05) is 0 Å². The topological polar surface area (TPSA) is 63.2 Å². The van der Waals surface area contributed by atoms with Crippen molar-refractivity contribution in [3.8, 4) is 0 Å². The van der Waals surface area contributed by atoms with E-state index in [1.165, 1.54) is 122 Å². The summed E-state index contributed by atoms with van der Waals surface area (Å²) in [6, 6.07) is 0. The van der Waals surface area contributed by atoms with Crippen LogP contribution in [-0.2, 0) is 28.8 Å². The molecule has 0 aromatic rings. The smallest absolute Gasteiger partial charge is 0.309 e. The van der Waals surface area contributed by atoms with Crippen molar-refractivity contribution in [2.75, 3.05) is 19.8 Å². The molecule has 4 saturated carbocycles. The fourth-order valence-corrected chi connectivity index (χ4v) is 10.3. The number of carbonyl (C=O) groups is 1. The number of fused-ring (bicyclic) bond motifs is 1. The van der Waals surface area contributed by atoms with Gasteiger partial charge in [-0.15, -0.1) is 0 Å². The summed E-state index contributed by atoms with van der Waals surface area (Å²) in [6.45, 7) is 6.15.